The molecule has 1 heterocycles. The molecule has 0 aliphatic rings. The van der Waals surface area contributed by atoms with Gasteiger partial charge in [0.15, 0.2) is 11.6 Å². The van der Waals surface area contributed by atoms with E-state index in [1.165, 1.54) is 0 Å². The highest BCUT2D eigenvalue weighted by molar-refractivity contribution is 9.10. The zero-order valence-corrected chi connectivity index (χ0v) is 16.2. The largest absolute Gasteiger partial charge is 0.355 e. The number of likely N-dealkylation sites (N-methyl/N-ethyl adjacent to an activating group) is 1. The van der Waals surface area contributed by atoms with Crippen LogP contribution in [-0.4, -0.2) is 35.0 Å². The van der Waals surface area contributed by atoms with Crippen LogP contribution in [0.4, 0.5) is 0 Å². The van der Waals surface area contributed by atoms with Gasteiger partial charge in [0.25, 0.3) is 0 Å². The molecule has 0 amide bonds. The lowest BCUT2D eigenvalue weighted by Crippen LogP contribution is -2.26. The maximum atomic E-state index is 12.7. The molecule has 0 radical (unpaired) electrons. The summed E-state index contributed by atoms with van der Waals surface area (Å²) in [5.74, 6) is 0.0185. The van der Waals surface area contributed by atoms with Crippen molar-refractivity contribution in [2.75, 3.05) is 13.6 Å². The van der Waals surface area contributed by atoms with Crippen LogP contribution >= 0.6 is 15.9 Å². The average Bonchev–Trinajstić information content (AvgIpc) is 2.86. The van der Waals surface area contributed by atoms with Crippen LogP contribution in [0.2, 0.25) is 0 Å². The lowest BCUT2D eigenvalue weighted by molar-refractivity contribution is 0.0937. The van der Waals surface area contributed by atoms with Crippen molar-refractivity contribution >= 4 is 27.5 Å². The van der Waals surface area contributed by atoms with Crippen LogP contribution in [0.5, 0.6) is 0 Å². The lowest BCUT2D eigenvalue weighted by atomic mass is 10.0. The molecule has 2 aromatic rings. The monoisotopic (exact) mass is 390 g/mol. The quantitative estimate of drug-likeness (QED) is 0.721. The van der Waals surface area contributed by atoms with Crippen molar-refractivity contribution in [1.29, 1.82) is 0 Å². The molecule has 0 bridgehead atoms. The first-order valence-electron chi connectivity index (χ1n) is 8.02. The fourth-order valence-corrected chi connectivity index (χ4v) is 3.29. The van der Waals surface area contributed by atoms with E-state index in [-0.39, 0.29) is 11.6 Å². The van der Waals surface area contributed by atoms with Gasteiger partial charge < -0.3 is 4.98 Å². The van der Waals surface area contributed by atoms with E-state index in [4.69, 9.17) is 0 Å². The maximum Gasteiger partial charge on any atom is 0.193 e. The summed E-state index contributed by atoms with van der Waals surface area (Å²) in [5, 5.41) is 0. The molecule has 2 rings (SSSR count). The number of benzene rings is 1. The second-order valence-electron chi connectivity index (χ2n) is 6.11. The predicted molar refractivity (Wildman–Crippen MR) is 99.7 cm³/mol. The van der Waals surface area contributed by atoms with Gasteiger partial charge in [0, 0.05) is 22.3 Å². The number of hydrogen-bond acceptors (Lipinski definition) is 3. The number of nitrogens with zero attached hydrogens (tertiary/aromatic N) is 1. The van der Waals surface area contributed by atoms with Crippen molar-refractivity contribution < 1.29 is 9.59 Å². The lowest BCUT2D eigenvalue weighted by Gasteiger charge is -2.16. The number of carbonyl (C=O) groups excluding carboxylic acids is 2. The van der Waals surface area contributed by atoms with Crippen LogP contribution in [0.1, 0.15) is 51.5 Å². The Bertz CT molecular complexity index is 747. The predicted octanol–water partition coefficient (Wildman–Crippen LogP) is 4.17. The molecule has 1 N–H and O–H groups in total. The first-order chi connectivity index (χ1) is 11.3. The van der Waals surface area contributed by atoms with E-state index in [9.17, 15) is 9.59 Å². The normalized spacial score (nSPS) is 11.1. The minimum absolute atomic E-state index is 0.00265. The first-order valence-corrected chi connectivity index (χ1v) is 8.81. The molecule has 24 heavy (non-hydrogen) atoms. The Morgan fingerprint density at radius 3 is 2.38 bits per heavy atom. The van der Waals surface area contributed by atoms with Gasteiger partial charge in [0.2, 0.25) is 0 Å². The summed E-state index contributed by atoms with van der Waals surface area (Å²) < 4.78 is 1.04. The standard InChI is InChI=1S/C19H23BrN2O2/c1-5-16-18(13(3)23)12(2)21-19(16)17(24)11-22(4)10-14-6-8-15(20)9-7-14/h6-9,21H,5,10-11H2,1-4H3. The van der Waals surface area contributed by atoms with Crippen LogP contribution in [0.3, 0.4) is 0 Å². The molecule has 128 valence electrons. The highest BCUT2D eigenvalue weighted by Gasteiger charge is 2.22. The molecule has 4 nitrogen and oxygen atoms in total. The Labute approximate surface area is 151 Å². The van der Waals surface area contributed by atoms with Crippen molar-refractivity contribution in [2.45, 2.75) is 33.7 Å². The fourth-order valence-electron chi connectivity index (χ4n) is 3.03. The smallest absolute Gasteiger partial charge is 0.193 e. The summed E-state index contributed by atoms with van der Waals surface area (Å²) in [7, 11) is 1.92. The summed E-state index contributed by atoms with van der Waals surface area (Å²) in [6.45, 7) is 6.36. The van der Waals surface area contributed by atoms with E-state index in [1.54, 1.807) is 6.92 Å². The molecule has 1 aromatic carbocycles. The van der Waals surface area contributed by atoms with E-state index in [1.807, 2.05) is 50.1 Å². The number of aromatic nitrogens is 1. The van der Waals surface area contributed by atoms with E-state index in [0.717, 1.165) is 21.3 Å². The van der Waals surface area contributed by atoms with Gasteiger partial charge in [0.05, 0.1) is 12.2 Å². The van der Waals surface area contributed by atoms with Crippen molar-refractivity contribution in [3.8, 4) is 0 Å². The number of H-pyrrole nitrogens is 1. The SMILES string of the molecule is CCc1c(C(=O)CN(C)Cc2ccc(Br)cc2)[nH]c(C)c1C(C)=O. The minimum Gasteiger partial charge on any atom is -0.355 e. The third kappa shape index (κ3) is 4.22. The number of aryl methyl sites for hydroxylation is 1. The number of nitrogens with one attached hydrogen (secondary N) is 1. The van der Waals surface area contributed by atoms with Gasteiger partial charge >= 0.3 is 0 Å². The van der Waals surface area contributed by atoms with Crippen LogP contribution < -0.4 is 0 Å². The van der Waals surface area contributed by atoms with E-state index in [2.05, 4.69) is 20.9 Å². The average molecular weight is 391 g/mol. The number of rotatable bonds is 7. The third-order valence-corrected chi connectivity index (χ3v) is 4.58. The summed E-state index contributed by atoms with van der Waals surface area (Å²) >= 11 is 3.42. The summed E-state index contributed by atoms with van der Waals surface area (Å²) in [6.07, 6.45) is 0.663. The summed E-state index contributed by atoms with van der Waals surface area (Å²) in [4.78, 5) is 29.6. The maximum absolute atomic E-state index is 12.7. The Morgan fingerprint density at radius 2 is 1.83 bits per heavy atom. The van der Waals surface area contributed by atoms with Gasteiger partial charge in [-0.3, -0.25) is 14.5 Å². The van der Waals surface area contributed by atoms with Crippen LogP contribution in [0.15, 0.2) is 28.7 Å². The molecule has 0 fully saturated rings. The molecule has 0 unspecified atom stereocenters. The van der Waals surface area contributed by atoms with Gasteiger partial charge in [-0.2, -0.15) is 0 Å². The number of carbonyl (C=O) groups is 2. The van der Waals surface area contributed by atoms with Crippen molar-refractivity contribution in [3.05, 3.63) is 56.8 Å². The van der Waals surface area contributed by atoms with E-state index in [0.29, 0.717) is 30.8 Å². The Hall–Kier alpha value is -1.72. The molecule has 0 atom stereocenters. The topological polar surface area (TPSA) is 53.2 Å². The summed E-state index contributed by atoms with van der Waals surface area (Å²) in [5.41, 5.74) is 4.00. The van der Waals surface area contributed by atoms with Crippen LogP contribution in [0.25, 0.3) is 0 Å². The second-order valence-corrected chi connectivity index (χ2v) is 7.03. The van der Waals surface area contributed by atoms with Crippen molar-refractivity contribution in [1.82, 2.24) is 9.88 Å². The molecule has 0 spiro atoms. The third-order valence-electron chi connectivity index (χ3n) is 4.05. The molecular formula is C19H23BrN2O2. The zero-order valence-electron chi connectivity index (χ0n) is 14.6. The van der Waals surface area contributed by atoms with Gasteiger partial charge in [-0.15, -0.1) is 0 Å². The van der Waals surface area contributed by atoms with Gasteiger partial charge in [-0.1, -0.05) is 35.0 Å². The summed E-state index contributed by atoms with van der Waals surface area (Å²) in [6, 6.07) is 8.06. The molecule has 0 aliphatic heterocycles. The van der Waals surface area contributed by atoms with Gasteiger partial charge in [-0.25, -0.2) is 0 Å². The molecule has 0 aliphatic carbocycles. The molecular weight excluding hydrogens is 368 g/mol. The van der Waals surface area contributed by atoms with E-state index < -0.39 is 0 Å². The first kappa shape index (κ1) is 18.6. The van der Waals surface area contributed by atoms with Gasteiger partial charge in [0.1, 0.15) is 0 Å². The fraction of sp³-hybridized carbons (Fsp3) is 0.368. The number of ketones is 2. The molecule has 0 saturated carbocycles. The second kappa shape index (κ2) is 7.90. The number of Topliss-reactive ketones (excluding diaryl/α,β-unsaturated/α-hetero) is 2. The molecule has 5 heteroatoms. The van der Waals surface area contributed by atoms with E-state index >= 15 is 0 Å². The highest BCUT2D eigenvalue weighted by Crippen LogP contribution is 2.21. The minimum atomic E-state index is 0.00265. The molecule has 0 saturated heterocycles. The zero-order chi connectivity index (χ0) is 17.9. The van der Waals surface area contributed by atoms with Crippen molar-refractivity contribution in [2.24, 2.45) is 0 Å². The van der Waals surface area contributed by atoms with Crippen LogP contribution in [-0.2, 0) is 13.0 Å². The van der Waals surface area contributed by atoms with Crippen LogP contribution in [0, 0.1) is 6.92 Å². The number of halogens is 1. The van der Waals surface area contributed by atoms with Gasteiger partial charge in [-0.05, 0) is 50.6 Å². The van der Waals surface area contributed by atoms with Crippen molar-refractivity contribution in [3.63, 3.8) is 0 Å². The molecule has 1 aromatic heterocycles. The Kier molecular flexibility index (Phi) is 6.13. The number of aromatic amines is 1. The number of hydrogen-bond donors (Lipinski definition) is 1. The highest BCUT2D eigenvalue weighted by atomic mass is 79.9. The Morgan fingerprint density at radius 1 is 1.21 bits per heavy atom. The Balaban J connectivity index is 2.13.